The van der Waals surface area contributed by atoms with Crippen LogP contribution in [-0.2, 0) is 9.53 Å². The molecule has 4 heteroatoms. The molecule has 2 fully saturated rings. The van der Waals surface area contributed by atoms with Crippen LogP contribution in [0.15, 0.2) is 0 Å². The zero-order valence-electron chi connectivity index (χ0n) is 12.4. The van der Waals surface area contributed by atoms with E-state index in [-0.39, 0.29) is 11.3 Å². The highest BCUT2D eigenvalue weighted by Crippen LogP contribution is 2.43. The lowest BCUT2D eigenvalue weighted by atomic mass is 9.81. The summed E-state index contributed by atoms with van der Waals surface area (Å²) >= 11 is 0. The second kappa shape index (κ2) is 6.23. The molecule has 0 aromatic carbocycles. The van der Waals surface area contributed by atoms with E-state index >= 15 is 0 Å². The molecular weight excluding hydrogens is 240 g/mol. The van der Waals surface area contributed by atoms with Crippen molar-refractivity contribution in [2.45, 2.75) is 52.1 Å². The van der Waals surface area contributed by atoms with Crippen molar-refractivity contribution in [3.63, 3.8) is 0 Å². The maximum atomic E-state index is 12.6. The van der Waals surface area contributed by atoms with Crippen molar-refractivity contribution in [2.24, 2.45) is 17.1 Å². The number of ether oxygens (including phenoxy) is 1. The summed E-state index contributed by atoms with van der Waals surface area (Å²) in [5.41, 5.74) is 5.63. The second-order valence-corrected chi connectivity index (χ2v) is 6.62. The SMILES string of the molecule is CC1(C)CCCC1C(=O)N1CCC(OCCN)CC1. The first-order valence-electron chi connectivity index (χ1n) is 7.65. The molecule has 2 N–H and O–H groups in total. The van der Waals surface area contributed by atoms with E-state index in [0.29, 0.717) is 25.2 Å². The summed E-state index contributed by atoms with van der Waals surface area (Å²) in [6, 6.07) is 0. The van der Waals surface area contributed by atoms with E-state index in [1.807, 2.05) is 0 Å². The topological polar surface area (TPSA) is 55.6 Å². The first kappa shape index (κ1) is 14.8. The quantitative estimate of drug-likeness (QED) is 0.845. The van der Waals surface area contributed by atoms with Crippen LogP contribution in [0.25, 0.3) is 0 Å². The fourth-order valence-corrected chi connectivity index (χ4v) is 3.48. The Kier molecular flexibility index (Phi) is 4.85. The fourth-order valence-electron chi connectivity index (χ4n) is 3.48. The van der Waals surface area contributed by atoms with Gasteiger partial charge in [0.2, 0.25) is 5.91 Å². The maximum Gasteiger partial charge on any atom is 0.226 e. The van der Waals surface area contributed by atoms with Gasteiger partial charge in [-0.1, -0.05) is 20.3 Å². The van der Waals surface area contributed by atoms with Gasteiger partial charge < -0.3 is 15.4 Å². The summed E-state index contributed by atoms with van der Waals surface area (Å²) in [7, 11) is 0. The maximum absolute atomic E-state index is 12.6. The van der Waals surface area contributed by atoms with Gasteiger partial charge in [0, 0.05) is 25.6 Å². The molecule has 0 aromatic rings. The second-order valence-electron chi connectivity index (χ2n) is 6.62. The highest BCUT2D eigenvalue weighted by Gasteiger charge is 2.41. The summed E-state index contributed by atoms with van der Waals surface area (Å²) in [5, 5.41) is 0. The zero-order valence-corrected chi connectivity index (χ0v) is 12.4. The lowest BCUT2D eigenvalue weighted by Gasteiger charge is -2.36. The van der Waals surface area contributed by atoms with Gasteiger partial charge in [0.15, 0.2) is 0 Å². The van der Waals surface area contributed by atoms with Crippen molar-refractivity contribution in [3.8, 4) is 0 Å². The monoisotopic (exact) mass is 268 g/mol. The van der Waals surface area contributed by atoms with Crippen molar-refractivity contribution in [1.29, 1.82) is 0 Å². The van der Waals surface area contributed by atoms with Gasteiger partial charge in [-0.2, -0.15) is 0 Å². The van der Waals surface area contributed by atoms with Crippen LogP contribution >= 0.6 is 0 Å². The van der Waals surface area contributed by atoms with Gasteiger partial charge in [-0.05, 0) is 31.1 Å². The summed E-state index contributed by atoms with van der Waals surface area (Å²) in [4.78, 5) is 14.7. The predicted octanol–water partition coefficient (Wildman–Crippen LogP) is 1.78. The van der Waals surface area contributed by atoms with E-state index in [0.717, 1.165) is 32.4 Å². The molecule has 19 heavy (non-hydrogen) atoms. The number of piperidine rings is 1. The van der Waals surface area contributed by atoms with E-state index in [1.165, 1.54) is 12.8 Å². The summed E-state index contributed by atoms with van der Waals surface area (Å²) in [6.07, 6.45) is 5.65. The molecule has 1 heterocycles. The lowest BCUT2D eigenvalue weighted by molar-refractivity contribution is -0.141. The number of amides is 1. The third-order valence-electron chi connectivity index (χ3n) is 4.78. The summed E-state index contributed by atoms with van der Waals surface area (Å²) < 4.78 is 5.66. The number of likely N-dealkylation sites (tertiary alicyclic amines) is 1. The Balaban J connectivity index is 1.82. The van der Waals surface area contributed by atoms with Crippen molar-refractivity contribution >= 4 is 5.91 Å². The van der Waals surface area contributed by atoms with E-state index < -0.39 is 0 Å². The number of hydrogen-bond acceptors (Lipinski definition) is 3. The number of hydrogen-bond donors (Lipinski definition) is 1. The van der Waals surface area contributed by atoms with Crippen LogP contribution in [0.5, 0.6) is 0 Å². The molecule has 1 saturated heterocycles. The van der Waals surface area contributed by atoms with Crippen LogP contribution in [0.4, 0.5) is 0 Å². The van der Waals surface area contributed by atoms with Crippen LogP contribution in [-0.4, -0.2) is 43.2 Å². The molecule has 0 spiro atoms. The normalized spacial score (nSPS) is 27.7. The highest BCUT2D eigenvalue weighted by molar-refractivity contribution is 5.80. The predicted molar refractivity (Wildman–Crippen MR) is 75.7 cm³/mol. The van der Waals surface area contributed by atoms with Crippen molar-refractivity contribution in [3.05, 3.63) is 0 Å². The van der Waals surface area contributed by atoms with Crippen LogP contribution in [0.2, 0.25) is 0 Å². The van der Waals surface area contributed by atoms with Gasteiger partial charge in [-0.25, -0.2) is 0 Å². The van der Waals surface area contributed by atoms with Crippen LogP contribution in [0.3, 0.4) is 0 Å². The molecule has 110 valence electrons. The molecule has 2 aliphatic rings. The largest absolute Gasteiger partial charge is 0.377 e. The number of carbonyl (C=O) groups is 1. The number of nitrogens with zero attached hydrogens (tertiary/aromatic N) is 1. The third kappa shape index (κ3) is 3.48. The van der Waals surface area contributed by atoms with Gasteiger partial charge in [0.1, 0.15) is 0 Å². The number of nitrogens with two attached hydrogens (primary N) is 1. The van der Waals surface area contributed by atoms with Crippen molar-refractivity contribution < 1.29 is 9.53 Å². The molecule has 1 saturated carbocycles. The van der Waals surface area contributed by atoms with Gasteiger partial charge in [0.25, 0.3) is 0 Å². The Hall–Kier alpha value is -0.610. The summed E-state index contributed by atoms with van der Waals surface area (Å²) in [6.45, 7) is 7.38. The Bertz CT molecular complexity index is 309. The van der Waals surface area contributed by atoms with Crippen molar-refractivity contribution in [2.75, 3.05) is 26.2 Å². The Morgan fingerprint density at radius 1 is 1.32 bits per heavy atom. The zero-order chi connectivity index (χ0) is 13.9. The Labute approximate surface area is 116 Å². The van der Waals surface area contributed by atoms with Crippen LogP contribution in [0, 0.1) is 11.3 Å². The number of carbonyl (C=O) groups excluding carboxylic acids is 1. The highest BCUT2D eigenvalue weighted by atomic mass is 16.5. The minimum atomic E-state index is 0.185. The van der Waals surface area contributed by atoms with Gasteiger partial charge in [-0.15, -0.1) is 0 Å². The average molecular weight is 268 g/mol. The van der Waals surface area contributed by atoms with Crippen LogP contribution < -0.4 is 5.73 Å². The Morgan fingerprint density at radius 2 is 2.00 bits per heavy atom. The molecule has 0 bridgehead atoms. The van der Waals surface area contributed by atoms with Crippen molar-refractivity contribution in [1.82, 2.24) is 4.90 Å². The molecule has 1 amide bonds. The van der Waals surface area contributed by atoms with Gasteiger partial charge >= 0.3 is 0 Å². The molecule has 1 aliphatic carbocycles. The summed E-state index contributed by atoms with van der Waals surface area (Å²) in [5.74, 6) is 0.605. The van der Waals surface area contributed by atoms with E-state index in [1.54, 1.807) is 0 Å². The lowest BCUT2D eigenvalue weighted by Crippen LogP contribution is -2.45. The van der Waals surface area contributed by atoms with Crippen LogP contribution in [0.1, 0.15) is 46.0 Å². The van der Waals surface area contributed by atoms with Gasteiger partial charge in [0.05, 0.1) is 12.7 Å². The molecule has 1 unspecified atom stereocenters. The third-order valence-corrected chi connectivity index (χ3v) is 4.78. The minimum Gasteiger partial charge on any atom is -0.377 e. The fraction of sp³-hybridized carbons (Fsp3) is 0.933. The first-order valence-corrected chi connectivity index (χ1v) is 7.65. The minimum absolute atomic E-state index is 0.185. The van der Waals surface area contributed by atoms with E-state index in [2.05, 4.69) is 18.7 Å². The molecule has 1 aliphatic heterocycles. The standard InChI is InChI=1S/C15H28N2O2/c1-15(2)7-3-4-13(15)14(18)17-9-5-12(6-10-17)19-11-8-16/h12-13H,3-11,16H2,1-2H3. The molecule has 1 atom stereocenters. The molecule has 4 nitrogen and oxygen atoms in total. The average Bonchev–Trinajstić information content (AvgIpc) is 2.76. The molecule has 0 aromatic heterocycles. The molecule has 2 rings (SSSR count). The number of rotatable bonds is 4. The first-order chi connectivity index (χ1) is 9.04. The molecular formula is C15H28N2O2. The van der Waals surface area contributed by atoms with E-state index in [4.69, 9.17) is 10.5 Å². The van der Waals surface area contributed by atoms with Gasteiger partial charge in [-0.3, -0.25) is 4.79 Å². The Morgan fingerprint density at radius 3 is 2.53 bits per heavy atom. The smallest absolute Gasteiger partial charge is 0.226 e. The van der Waals surface area contributed by atoms with E-state index in [9.17, 15) is 4.79 Å². The molecule has 0 radical (unpaired) electrons.